The van der Waals surface area contributed by atoms with Gasteiger partial charge in [-0.05, 0) is 30.7 Å². The van der Waals surface area contributed by atoms with E-state index < -0.39 is 0 Å². The third-order valence-corrected chi connectivity index (χ3v) is 2.38. The summed E-state index contributed by atoms with van der Waals surface area (Å²) in [7, 11) is 1.51. The third-order valence-electron chi connectivity index (χ3n) is 2.38. The Hall–Kier alpha value is -2.03. The Kier molecular flexibility index (Phi) is 2.77. The Morgan fingerprint density at radius 3 is 2.50 bits per heavy atom. The summed E-state index contributed by atoms with van der Waals surface area (Å²) in [5.41, 5.74) is 1.69. The minimum Gasteiger partial charge on any atom is -0.491 e. The molecule has 2 rings (SSSR count). The number of hydrogen-bond acceptors (Lipinski definition) is 2. The second kappa shape index (κ2) is 4.23. The highest BCUT2D eigenvalue weighted by Crippen LogP contribution is 2.10. The molecule has 0 fully saturated rings. The van der Waals surface area contributed by atoms with Crippen molar-refractivity contribution in [2.75, 3.05) is 7.11 Å². The van der Waals surface area contributed by atoms with Crippen molar-refractivity contribution in [1.29, 1.82) is 0 Å². The summed E-state index contributed by atoms with van der Waals surface area (Å²) in [5, 5.41) is 0. The molecule has 1 aromatic carbocycles. The van der Waals surface area contributed by atoms with Gasteiger partial charge in [0.05, 0.1) is 7.11 Å². The first kappa shape index (κ1) is 10.5. The molecule has 0 saturated heterocycles. The second-order valence-corrected chi connectivity index (χ2v) is 3.60. The van der Waals surface area contributed by atoms with Gasteiger partial charge >= 0.3 is 0 Å². The van der Waals surface area contributed by atoms with E-state index in [-0.39, 0.29) is 5.56 Å². The summed E-state index contributed by atoms with van der Waals surface area (Å²) >= 11 is 0. The molecule has 0 N–H and O–H groups in total. The van der Waals surface area contributed by atoms with Gasteiger partial charge in [0, 0.05) is 11.9 Å². The first-order valence-electron chi connectivity index (χ1n) is 5.05. The van der Waals surface area contributed by atoms with Gasteiger partial charge in [-0.2, -0.15) is 0 Å². The number of ether oxygens (including phenoxy) is 1. The summed E-state index contributed by atoms with van der Waals surface area (Å²) in [5.74, 6) is 0.365. The zero-order valence-electron chi connectivity index (χ0n) is 9.31. The van der Waals surface area contributed by atoms with Gasteiger partial charge in [0.15, 0.2) is 5.75 Å². The largest absolute Gasteiger partial charge is 0.491 e. The molecule has 1 aromatic heterocycles. The van der Waals surface area contributed by atoms with Gasteiger partial charge in [-0.3, -0.25) is 9.36 Å². The third kappa shape index (κ3) is 1.84. The Balaban J connectivity index is 2.66. The lowest BCUT2D eigenvalue weighted by Gasteiger charge is -2.08. The van der Waals surface area contributed by atoms with Gasteiger partial charge in [0.2, 0.25) is 0 Å². The Morgan fingerprint density at radius 1 is 1.19 bits per heavy atom. The molecule has 2 aromatic rings. The fourth-order valence-electron chi connectivity index (χ4n) is 1.61. The summed E-state index contributed by atoms with van der Waals surface area (Å²) in [6, 6.07) is 11.2. The fourth-order valence-corrected chi connectivity index (χ4v) is 1.61. The van der Waals surface area contributed by atoms with E-state index in [4.69, 9.17) is 4.74 Å². The van der Waals surface area contributed by atoms with Crippen LogP contribution >= 0.6 is 0 Å². The fraction of sp³-hybridized carbons (Fsp3) is 0.154. The molecule has 16 heavy (non-hydrogen) atoms. The molecular formula is C13H13NO2. The van der Waals surface area contributed by atoms with Gasteiger partial charge in [0.1, 0.15) is 0 Å². The first-order chi connectivity index (χ1) is 7.72. The standard InChI is InChI=1S/C13H13NO2/c1-10-8-12(16-2)13(15)14(9-10)11-6-4-3-5-7-11/h3-9H,1-2H3. The van der Waals surface area contributed by atoms with Crippen LogP contribution in [-0.2, 0) is 0 Å². The number of benzene rings is 1. The highest BCUT2D eigenvalue weighted by Gasteiger charge is 2.06. The zero-order valence-corrected chi connectivity index (χ0v) is 9.31. The molecule has 0 amide bonds. The highest BCUT2D eigenvalue weighted by molar-refractivity contribution is 5.36. The van der Waals surface area contributed by atoms with Crippen LogP contribution in [0.4, 0.5) is 0 Å². The van der Waals surface area contributed by atoms with Crippen LogP contribution in [0.1, 0.15) is 5.56 Å². The Bertz CT molecular complexity index is 544. The number of nitrogens with zero attached hydrogens (tertiary/aromatic N) is 1. The number of rotatable bonds is 2. The molecule has 0 aliphatic rings. The van der Waals surface area contributed by atoms with E-state index >= 15 is 0 Å². The van der Waals surface area contributed by atoms with E-state index in [1.165, 1.54) is 7.11 Å². The van der Waals surface area contributed by atoms with Crippen LogP contribution < -0.4 is 10.3 Å². The molecule has 0 aliphatic carbocycles. The van der Waals surface area contributed by atoms with Crippen molar-refractivity contribution < 1.29 is 4.74 Å². The van der Waals surface area contributed by atoms with E-state index in [2.05, 4.69) is 0 Å². The number of para-hydroxylation sites is 1. The lowest BCUT2D eigenvalue weighted by Crippen LogP contribution is -2.19. The predicted molar refractivity (Wildman–Crippen MR) is 63.3 cm³/mol. The van der Waals surface area contributed by atoms with Crippen molar-refractivity contribution in [1.82, 2.24) is 4.57 Å². The number of methoxy groups -OCH3 is 1. The molecule has 0 unspecified atom stereocenters. The van der Waals surface area contributed by atoms with Crippen LogP contribution in [0.15, 0.2) is 47.4 Å². The summed E-state index contributed by atoms with van der Waals surface area (Å²) in [4.78, 5) is 12.0. The molecular weight excluding hydrogens is 202 g/mol. The molecule has 0 bridgehead atoms. The van der Waals surface area contributed by atoms with Crippen molar-refractivity contribution >= 4 is 0 Å². The van der Waals surface area contributed by atoms with E-state index in [0.717, 1.165) is 11.3 Å². The van der Waals surface area contributed by atoms with Gasteiger partial charge in [-0.1, -0.05) is 18.2 Å². The molecule has 0 atom stereocenters. The maximum absolute atomic E-state index is 12.0. The summed E-state index contributed by atoms with van der Waals surface area (Å²) < 4.78 is 6.65. The molecule has 3 nitrogen and oxygen atoms in total. The normalized spacial score (nSPS) is 10.1. The minimum atomic E-state index is -0.140. The van der Waals surface area contributed by atoms with Crippen LogP contribution in [0.2, 0.25) is 0 Å². The van der Waals surface area contributed by atoms with Crippen molar-refractivity contribution in [2.24, 2.45) is 0 Å². The van der Waals surface area contributed by atoms with Crippen LogP contribution in [0.25, 0.3) is 5.69 Å². The highest BCUT2D eigenvalue weighted by atomic mass is 16.5. The van der Waals surface area contributed by atoms with E-state index in [0.29, 0.717) is 5.75 Å². The molecule has 82 valence electrons. The average molecular weight is 215 g/mol. The predicted octanol–water partition coefficient (Wildman–Crippen LogP) is 2.15. The lowest BCUT2D eigenvalue weighted by molar-refractivity contribution is 0.406. The van der Waals surface area contributed by atoms with Gasteiger partial charge < -0.3 is 4.74 Å². The van der Waals surface area contributed by atoms with Crippen LogP contribution in [0.3, 0.4) is 0 Å². The summed E-state index contributed by atoms with van der Waals surface area (Å²) in [6.07, 6.45) is 1.81. The number of pyridine rings is 1. The first-order valence-corrected chi connectivity index (χ1v) is 5.05. The Morgan fingerprint density at radius 2 is 1.88 bits per heavy atom. The van der Waals surface area contributed by atoms with Gasteiger partial charge in [-0.25, -0.2) is 0 Å². The van der Waals surface area contributed by atoms with Crippen LogP contribution in [-0.4, -0.2) is 11.7 Å². The average Bonchev–Trinajstić information content (AvgIpc) is 2.33. The monoisotopic (exact) mass is 215 g/mol. The zero-order chi connectivity index (χ0) is 11.5. The molecule has 3 heteroatoms. The van der Waals surface area contributed by atoms with E-state index in [1.807, 2.05) is 37.3 Å². The maximum atomic E-state index is 12.0. The topological polar surface area (TPSA) is 31.2 Å². The molecule has 0 radical (unpaired) electrons. The number of hydrogen-bond donors (Lipinski definition) is 0. The van der Waals surface area contributed by atoms with Gasteiger partial charge in [0.25, 0.3) is 5.56 Å². The van der Waals surface area contributed by atoms with Crippen molar-refractivity contribution in [3.05, 3.63) is 58.5 Å². The molecule has 0 saturated carbocycles. The minimum absolute atomic E-state index is 0.140. The SMILES string of the molecule is COc1cc(C)cn(-c2ccccc2)c1=O. The lowest BCUT2D eigenvalue weighted by atomic mass is 10.2. The maximum Gasteiger partial charge on any atom is 0.297 e. The van der Waals surface area contributed by atoms with Gasteiger partial charge in [-0.15, -0.1) is 0 Å². The van der Waals surface area contributed by atoms with Crippen LogP contribution in [0.5, 0.6) is 5.75 Å². The smallest absolute Gasteiger partial charge is 0.297 e. The van der Waals surface area contributed by atoms with Crippen molar-refractivity contribution in [3.63, 3.8) is 0 Å². The van der Waals surface area contributed by atoms with E-state index in [1.54, 1.807) is 16.8 Å². The number of aryl methyl sites for hydroxylation is 1. The second-order valence-electron chi connectivity index (χ2n) is 3.60. The van der Waals surface area contributed by atoms with E-state index in [9.17, 15) is 4.79 Å². The van der Waals surface area contributed by atoms with Crippen LogP contribution in [0, 0.1) is 6.92 Å². The molecule has 0 aliphatic heterocycles. The molecule has 1 heterocycles. The molecule has 0 spiro atoms. The summed E-state index contributed by atoms with van der Waals surface area (Å²) in [6.45, 7) is 1.93. The van der Waals surface area contributed by atoms with Crippen molar-refractivity contribution in [3.8, 4) is 11.4 Å². The quantitative estimate of drug-likeness (QED) is 0.768. The van der Waals surface area contributed by atoms with Crippen molar-refractivity contribution in [2.45, 2.75) is 6.92 Å². The Labute approximate surface area is 93.9 Å². The number of aromatic nitrogens is 1.